The second-order valence-electron chi connectivity index (χ2n) is 3.04. The van der Waals surface area contributed by atoms with Crippen molar-refractivity contribution in [2.24, 2.45) is 0 Å². The molecule has 0 atom stereocenters. The van der Waals surface area contributed by atoms with Crippen LogP contribution in [0, 0.1) is 17.1 Å². The van der Waals surface area contributed by atoms with Gasteiger partial charge in [-0.2, -0.15) is 5.26 Å². The Kier molecular flexibility index (Phi) is 3.29. The van der Waals surface area contributed by atoms with Crippen LogP contribution in [0.1, 0.15) is 6.42 Å². The summed E-state index contributed by atoms with van der Waals surface area (Å²) in [5, 5.41) is 8.39. The van der Waals surface area contributed by atoms with Crippen molar-refractivity contribution in [3.63, 3.8) is 0 Å². The van der Waals surface area contributed by atoms with Gasteiger partial charge >= 0.3 is 0 Å². The summed E-state index contributed by atoms with van der Waals surface area (Å²) in [6.45, 7) is 0.511. The Morgan fingerprint density at radius 3 is 2.86 bits per heavy atom. The number of nitriles is 1. The summed E-state index contributed by atoms with van der Waals surface area (Å²) < 4.78 is 13.3. The number of nitrogens with zero attached hydrogens (tertiary/aromatic N) is 2. The van der Waals surface area contributed by atoms with Crippen LogP contribution >= 0.6 is 0 Å². The standard InChI is InChI=1S/C10H12FN3/c1-14(6-2-5-12)10-4-3-8(13)7-9(10)11/h3-4,7H,2,6,13H2,1H3. The zero-order valence-corrected chi connectivity index (χ0v) is 8.00. The summed E-state index contributed by atoms with van der Waals surface area (Å²) in [6.07, 6.45) is 0.375. The minimum Gasteiger partial charge on any atom is -0.399 e. The molecular formula is C10H12FN3. The third kappa shape index (κ3) is 2.36. The first-order valence-corrected chi connectivity index (χ1v) is 4.28. The van der Waals surface area contributed by atoms with Crippen LogP contribution in [0.3, 0.4) is 0 Å². The molecule has 0 aliphatic heterocycles. The Labute approximate surface area is 82.5 Å². The third-order valence-electron chi connectivity index (χ3n) is 1.94. The highest BCUT2D eigenvalue weighted by Gasteiger charge is 2.06. The lowest BCUT2D eigenvalue weighted by Crippen LogP contribution is -2.19. The number of hydrogen-bond acceptors (Lipinski definition) is 3. The zero-order valence-electron chi connectivity index (χ0n) is 8.00. The Morgan fingerprint density at radius 2 is 2.29 bits per heavy atom. The molecule has 0 fully saturated rings. The number of hydrogen-bond donors (Lipinski definition) is 1. The molecule has 0 saturated heterocycles. The predicted molar refractivity (Wildman–Crippen MR) is 54.3 cm³/mol. The largest absolute Gasteiger partial charge is 0.399 e. The minimum absolute atomic E-state index is 0.356. The van der Waals surface area contributed by atoms with E-state index in [0.29, 0.717) is 24.3 Å². The summed E-state index contributed by atoms with van der Waals surface area (Å²) in [5.41, 5.74) is 6.29. The maximum atomic E-state index is 13.3. The van der Waals surface area contributed by atoms with Gasteiger partial charge in [0.1, 0.15) is 5.82 Å². The Bertz CT molecular complexity index is 357. The quantitative estimate of drug-likeness (QED) is 0.744. The lowest BCUT2D eigenvalue weighted by Gasteiger charge is -2.18. The fourth-order valence-corrected chi connectivity index (χ4v) is 1.17. The molecule has 1 aromatic carbocycles. The van der Waals surface area contributed by atoms with Crippen molar-refractivity contribution in [1.29, 1.82) is 5.26 Å². The van der Waals surface area contributed by atoms with Crippen molar-refractivity contribution in [1.82, 2.24) is 0 Å². The predicted octanol–water partition coefficient (Wildman–Crippen LogP) is 1.76. The molecule has 0 aromatic heterocycles. The normalized spacial score (nSPS) is 9.50. The molecule has 1 aromatic rings. The first kappa shape index (κ1) is 10.3. The lowest BCUT2D eigenvalue weighted by atomic mass is 10.2. The number of benzene rings is 1. The van der Waals surface area contributed by atoms with Crippen molar-refractivity contribution in [3.05, 3.63) is 24.0 Å². The molecule has 3 nitrogen and oxygen atoms in total. The molecule has 0 aliphatic carbocycles. The number of anilines is 2. The Balaban J connectivity index is 2.80. The van der Waals surface area contributed by atoms with E-state index in [0.717, 1.165) is 0 Å². The van der Waals surface area contributed by atoms with Crippen LogP contribution in [0.25, 0.3) is 0 Å². The summed E-state index contributed by atoms with van der Waals surface area (Å²) in [6, 6.07) is 6.54. The van der Waals surface area contributed by atoms with Crippen LogP contribution in [-0.2, 0) is 0 Å². The molecule has 0 spiro atoms. The Morgan fingerprint density at radius 1 is 1.57 bits per heavy atom. The van der Waals surface area contributed by atoms with E-state index in [1.807, 2.05) is 6.07 Å². The van der Waals surface area contributed by atoms with E-state index in [9.17, 15) is 4.39 Å². The van der Waals surface area contributed by atoms with E-state index in [2.05, 4.69) is 0 Å². The van der Waals surface area contributed by atoms with E-state index in [4.69, 9.17) is 11.0 Å². The molecule has 2 N–H and O–H groups in total. The van der Waals surface area contributed by atoms with Crippen molar-refractivity contribution >= 4 is 11.4 Å². The van der Waals surface area contributed by atoms with Crippen molar-refractivity contribution in [3.8, 4) is 6.07 Å². The van der Waals surface area contributed by atoms with Crippen molar-refractivity contribution in [2.45, 2.75) is 6.42 Å². The fourth-order valence-electron chi connectivity index (χ4n) is 1.17. The van der Waals surface area contributed by atoms with Crippen molar-refractivity contribution in [2.75, 3.05) is 24.2 Å². The average Bonchev–Trinajstić information content (AvgIpc) is 2.14. The summed E-state index contributed by atoms with van der Waals surface area (Å²) in [5.74, 6) is -0.356. The molecule has 0 bridgehead atoms. The van der Waals surface area contributed by atoms with Crippen LogP contribution in [-0.4, -0.2) is 13.6 Å². The van der Waals surface area contributed by atoms with E-state index >= 15 is 0 Å². The van der Waals surface area contributed by atoms with Gasteiger partial charge in [-0.25, -0.2) is 4.39 Å². The lowest BCUT2D eigenvalue weighted by molar-refractivity contribution is 0.623. The van der Waals surface area contributed by atoms with Gasteiger partial charge in [0.2, 0.25) is 0 Å². The average molecular weight is 193 g/mol. The number of halogens is 1. The summed E-state index contributed by atoms with van der Waals surface area (Å²) in [4.78, 5) is 1.69. The van der Waals surface area contributed by atoms with Crippen molar-refractivity contribution < 1.29 is 4.39 Å². The van der Waals surface area contributed by atoms with E-state index < -0.39 is 0 Å². The second-order valence-corrected chi connectivity index (χ2v) is 3.04. The zero-order chi connectivity index (χ0) is 10.6. The van der Waals surface area contributed by atoms with Gasteiger partial charge in [-0.1, -0.05) is 0 Å². The molecule has 14 heavy (non-hydrogen) atoms. The van der Waals surface area contributed by atoms with Crippen LogP contribution < -0.4 is 10.6 Å². The highest BCUT2D eigenvalue weighted by molar-refractivity contribution is 5.54. The van der Waals surface area contributed by atoms with Gasteiger partial charge in [0.25, 0.3) is 0 Å². The van der Waals surface area contributed by atoms with Crippen LogP contribution in [0.4, 0.5) is 15.8 Å². The summed E-state index contributed by atoms with van der Waals surface area (Å²) in [7, 11) is 1.74. The highest BCUT2D eigenvalue weighted by atomic mass is 19.1. The van der Waals surface area contributed by atoms with Crippen LogP contribution in [0.5, 0.6) is 0 Å². The third-order valence-corrected chi connectivity index (χ3v) is 1.94. The SMILES string of the molecule is CN(CCC#N)c1ccc(N)cc1F. The maximum absolute atomic E-state index is 13.3. The molecule has 0 unspecified atom stereocenters. The molecule has 0 radical (unpaired) electrons. The molecule has 0 amide bonds. The number of nitrogens with two attached hydrogens (primary N) is 1. The number of rotatable bonds is 3. The smallest absolute Gasteiger partial charge is 0.148 e. The fraction of sp³-hybridized carbons (Fsp3) is 0.300. The Hall–Kier alpha value is -1.76. The molecular weight excluding hydrogens is 181 g/mol. The molecule has 74 valence electrons. The van der Waals surface area contributed by atoms with Gasteiger partial charge in [0.15, 0.2) is 0 Å². The van der Waals surface area contributed by atoms with Gasteiger partial charge in [0, 0.05) is 19.3 Å². The van der Waals surface area contributed by atoms with E-state index in [1.165, 1.54) is 6.07 Å². The monoisotopic (exact) mass is 193 g/mol. The van der Waals surface area contributed by atoms with Gasteiger partial charge in [-0.3, -0.25) is 0 Å². The first-order valence-electron chi connectivity index (χ1n) is 4.28. The van der Waals surface area contributed by atoms with Gasteiger partial charge in [0.05, 0.1) is 18.2 Å². The number of nitrogen functional groups attached to an aromatic ring is 1. The minimum atomic E-state index is -0.356. The summed E-state index contributed by atoms with van der Waals surface area (Å²) >= 11 is 0. The molecule has 1 rings (SSSR count). The van der Waals surface area contributed by atoms with E-state index in [1.54, 1.807) is 24.1 Å². The highest BCUT2D eigenvalue weighted by Crippen LogP contribution is 2.20. The maximum Gasteiger partial charge on any atom is 0.148 e. The van der Waals surface area contributed by atoms with Crippen LogP contribution in [0.2, 0.25) is 0 Å². The molecule has 0 heterocycles. The molecule has 4 heteroatoms. The van der Waals surface area contributed by atoms with Gasteiger partial charge < -0.3 is 10.6 Å². The van der Waals surface area contributed by atoms with Gasteiger partial charge in [-0.15, -0.1) is 0 Å². The molecule has 0 aliphatic rings. The second kappa shape index (κ2) is 4.47. The first-order chi connectivity index (χ1) is 6.65. The van der Waals surface area contributed by atoms with E-state index in [-0.39, 0.29) is 5.82 Å². The topological polar surface area (TPSA) is 53.0 Å². The van der Waals surface area contributed by atoms with Crippen LogP contribution in [0.15, 0.2) is 18.2 Å². The van der Waals surface area contributed by atoms with Gasteiger partial charge in [-0.05, 0) is 18.2 Å². The molecule has 0 saturated carbocycles.